The van der Waals surface area contributed by atoms with Crippen molar-refractivity contribution in [1.29, 1.82) is 0 Å². The van der Waals surface area contributed by atoms with Gasteiger partial charge in [-0.05, 0) is 33.0 Å². The number of carbonyl (C=O) groups excluding carboxylic acids is 1. The molecule has 22 heavy (non-hydrogen) atoms. The van der Waals surface area contributed by atoms with E-state index in [1.807, 2.05) is 27.7 Å². The average Bonchev–Trinajstić information content (AvgIpc) is 2.60. The van der Waals surface area contributed by atoms with Gasteiger partial charge in [-0.2, -0.15) is 0 Å². The highest BCUT2D eigenvalue weighted by molar-refractivity contribution is 6.29. The smallest absolute Gasteiger partial charge is 0.160 e. The third kappa shape index (κ3) is 11.4. The number of carbonyl (C=O) groups is 1. The molecular weight excluding hydrogens is 302 g/mol. The number of nitrogens with zero attached hydrogens (tertiary/aromatic N) is 3. The van der Waals surface area contributed by atoms with E-state index in [9.17, 15) is 4.79 Å². The third-order valence-electron chi connectivity index (χ3n) is 2.71. The van der Waals surface area contributed by atoms with Gasteiger partial charge in [-0.15, -0.1) is 0 Å². The molecule has 2 heterocycles. The van der Waals surface area contributed by atoms with Crippen LogP contribution in [0.3, 0.4) is 0 Å². The predicted octanol–water partition coefficient (Wildman–Crippen LogP) is 3.00. The van der Waals surface area contributed by atoms with Gasteiger partial charge in [0.05, 0.1) is 12.4 Å². The molecule has 0 atom stereocenters. The van der Waals surface area contributed by atoms with Crippen molar-refractivity contribution in [3.8, 4) is 0 Å². The Morgan fingerprint density at radius 2 is 1.82 bits per heavy atom. The molecule has 6 nitrogen and oxygen atoms in total. The molecule has 0 aromatic carbocycles. The second-order valence-electron chi connectivity index (χ2n) is 4.15. The van der Waals surface area contributed by atoms with Crippen LogP contribution in [0.2, 0.25) is 5.15 Å². The number of aldehydes is 1. The number of piperidine rings is 1. The number of nitrogens with two attached hydrogens (primary N) is 1. The molecule has 7 heteroatoms. The van der Waals surface area contributed by atoms with Gasteiger partial charge in [0.15, 0.2) is 5.82 Å². The van der Waals surface area contributed by atoms with Crippen LogP contribution in [0.25, 0.3) is 0 Å². The Balaban J connectivity index is 0. The van der Waals surface area contributed by atoms with Gasteiger partial charge in [-0.3, -0.25) is 4.98 Å². The van der Waals surface area contributed by atoms with Crippen LogP contribution in [-0.2, 0) is 4.79 Å². The van der Waals surface area contributed by atoms with Gasteiger partial charge in [0, 0.05) is 5.92 Å². The zero-order chi connectivity index (χ0) is 17.4. The fourth-order valence-corrected chi connectivity index (χ4v) is 1.72. The lowest BCUT2D eigenvalue weighted by Crippen LogP contribution is -2.30. The number of hydrogen-bond donors (Lipinski definition) is 2. The number of rotatable bonds is 2. The summed E-state index contributed by atoms with van der Waals surface area (Å²) >= 11 is 5.45. The lowest BCUT2D eigenvalue weighted by atomic mass is 9.99. The molecular formula is C15H30ClN5O. The molecule has 1 fully saturated rings. The van der Waals surface area contributed by atoms with Gasteiger partial charge in [-0.25, -0.2) is 10.8 Å². The van der Waals surface area contributed by atoms with Crippen molar-refractivity contribution < 1.29 is 4.79 Å². The second kappa shape index (κ2) is 16.1. The van der Waals surface area contributed by atoms with Crippen molar-refractivity contribution in [2.24, 2.45) is 11.8 Å². The van der Waals surface area contributed by atoms with Gasteiger partial charge in [-0.1, -0.05) is 39.3 Å². The molecule has 1 aromatic rings. The van der Waals surface area contributed by atoms with Gasteiger partial charge in [0.25, 0.3) is 0 Å². The van der Waals surface area contributed by atoms with E-state index in [4.69, 9.17) is 17.4 Å². The predicted molar refractivity (Wildman–Crippen MR) is 93.8 cm³/mol. The summed E-state index contributed by atoms with van der Waals surface area (Å²) in [6.07, 6.45) is 6.11. The van der Waals surface area contributed by atoms with Gasteiger partial charge in [0.1, 0.15) is 11.4 Å². The zero-order valence-corrected chi connectivity index (χ0v) is 15.1. The molecule has 0 saturated carbocycles. The number of nitrogen functional groups attached to an aromatic ring is 1. The number of aromatic nitrogens is 2. The molecule has 0 spiro atoms. The van der Waals surface area contributed by atoms with E-state index in [0.29, 0.717) is 16.9 Å². The van der Waals surface area contributed by atoms with Crippen molar-refractivity contribution in [3.63, 3.8) is 0 Å². The minimum atomic E-state index is 0.324. The number of hydrazine groups is 1. The topological polar surface area (TPSA) is 84.1 Å². The Hall–Kier alpha value is -1.24. The maximum absolute atomic E-state index is 10.2. The van der Waals surface area contributed by atoms with Gasteiger partial charge >= 0.3 is 0 Å². The van der Waals surface area contributed by atoms with Crippen molar-refractivity contribution >= 4 is 23.7 Å². The Labute approximate surface area is 139 Å². The summed E-state index contributed by atoms with van der Waals surface area (Å²) < 4.78 is 0. The Morgan fingerprint density at radius 3 is 2.18 bits per heavy atom. The first-order chi connectivity index (χ1) is 10.7. The molecule has 1 aliphatic rings. The molecule has 1 saturated heterocycles. The SMILES string of the molecule is CC.CC.CN1CCC(C=O)CC1.NNc1cncc(Cl)n1. The quantitative estimate of drug-likeness (QED) is 0.492. The summed E-state index contributed by atoms with van der Waals surface area (Å²) in [6.45, 7) is 10.2. The summed E-state index contributed by atoms with van der Waals surface area (Å²) in [5, 5.41) is 0.324. The van der Waals surface area contributed by atoms with Crippen molar-refractivity contribution in [3.05, 3.63) is 17.5 Å². The lowest BCUT2D eigenvalue weighted by molar-refractivity contribution is -0.112. The Bertz CT molecular complexity index is 371. The maximum atomic E-state index is 10.2. The molecule has 0 amide bonds. The fraction of sp³-hybridized carbons (Fsp3) is 0.667. The molecule has 0 radical (unpaired) electrons. The Morgan fingerprint density at radius 1 is 1.27 bits per heavy atom. The number of nitrogens with one attached hydrogen (secondary N) is 1. The first-order valence-corrected chi connectivity index (χ1v) is 8.11. The highest BCUT2D eigenvalue weighted by Crippen LogP contribution is 2.12. The van der Waals surface area contributed by atoms with Crippen LogP contribution in [0.4, 0.5) is 5.82 Å². The molecule has 3 N–H and O–H groups in total. The van der Waals surface area contributed by atoms with Crippen LogP contribution < -0.4 is 11.3 Å². The monoisotopic (exact) mass is 331 g/mol. The van der Waals surface area contributed by atoms with Gasteiger partial charge in [0.2, 0.25) is 0 Å². The summed E-state index contributed by atoms with van der Waals surface area (Å²) in [7, 11) is 2.10. The summed E-state index contributed by atoms with van der Waals surface area (Å²) in [5.41, 5.74) is 2.31. The fourth-order valence-electron chi connectivity index (χ4n) is 1.58. The zero-order valence-electron chi connectivity index (χ0n) is 14.3. The minimum Gasteiger partial charge on any atom is -0.307 e. The lowest BCUT2D eigenvalue weighted by Gasteiger charge is -2.25. The third-order valence-corrected chi connectivity index (χ3v) is 2.89. The minimum absolute atomic E-state index is 0.324. The van der Waals surface area contributed by atoms with Crippen molar-refractivity contribution in [1.82, 2.24) is 14.9 Å². The second-order valence-corrected chi connectivity index (χ2v) is 4.54. The molecule has 2 rings (SSSR count). The van der Waals surface area contributed by atoms with E-state index in [1.165, 1.54) is 12.4 Å². The average molecular weight is 332 g/mol. The summed E-state index contributed by atoms with van der Waals surface area (Å²) in [5.74, 6) is 5.82. The van der Waals surface area contributed by atoms with E-state index < -0.39 is 0 Å². The highest BCUT2D eigenvalue weighted by Gasteiger charge is 2.14. The van der Waals surface area contributed by atoms with Gasteiger partial charge < -0.3 is 15.1 Å². The summed E-state index contributed by atoms with van der Waals surface area (Å²) in [4.78, 5) is 20.0. The highest BCUT2D eigenvalue weighted by atomic mass is 35.5. The number of likely N-dealkylation sites (tertiary alicyclic amines) is 1. The molecule has 0 unspecified atom stereocenters. The largest absolute Gasteiger partial charge is 0.307 e. The molecule has 128 valence electrons. The van der Waals surface area contributed by atoms with Crippen molar-refractivity contribution in [2.45, 2.75) is 40.5 Å². The number of hydrogen-bond acceptors (Lipinski definition) is 6. The van der Waals surface area contributed by atoms with E-state index in [0.717, 1.165) is 32.2 Å². The van der Waals surface area contributed by atoms with E-state index in [-0.39, 0.29) is 0 Å². The number of anilines is 1. The standard InChI is InChI=1S/C7H13NO.C4H5ClN4.2C2H6/c1-8-4-2-7(6-9)3-5-8;5-3-1-7-2-4(8-3)9-6;2*1-2/h6-7H,2-5H2,1H3;1-2H,6H2,(H,8,9);2*1-2H3. The van der Waals surface area contributed by atoms with E-state index in [1.54, 1.807) is 0 Å². The van der Waals surface area contributed by atoms with Crippen LogP contribution in [0, 0.1) is 5.92 Å². The Kier molecular flexibility index (Phi) is 16.9. The molecule has 0 aliphatic carbocycles. The van der Waals surface area contributed by atoms with Crippen LogP contribution in [0.1, 0.15) is 40.5 Å². The van der Waals surface area contributed by atoms with Crippen LogP contribution >= 0.6 is 11.6 Å². The maximum Gasteiger partial charge on any atom is 0.160 e. The molecule has 0 bridgehead atoms. The first kappa shape index (κ1) is 23.0. The van der Waals surface area contributed by atoms with Crippen molar-refractivity contribution in [2.75, 3.05) is 25.6 Å². The van der Waals surface area contributed by atoms with Crippen LogP contribution in [-0.4, -0.2) is 41.3 Å². The number of halogens is 1. The molecule has 1 aromatic heterocycles. The van der Waals surface area contributed by atoms with Crippen LogP contribution in [0.15, 0.2) is 12.4 Å². The molecule has 1 aliphatic heterocycles. The first-order valence-electron chi connectivity index (χ1n) is 7.73. The van der Waals surface area contributed by atoms with E-state index >= 15 is 0 Å². The van der Waals surface area contributed by atoms with Crippen LogP contribution in [0.5, 0.6) is 0 Å². The normalized spacial score (nSPS) is 14.1. The van der Waals surface area contributed by atoms with E-state index in [2.05, 4.69) is 27.3 Å². The summed E-state index contributed by atoms with van der Waals surface area (Å²) in [6, 6.07) is 0.